The second kappa shape index (κ2) is 8.86. The van der Waals surface area contributed by atoms with Crippen LogP contribution in [0.3, 0.4) is 0 Å². The monoisotopic (exact) mass is 467 g/mol. The van der Waals surface area contributed by atoms with Crippen LogP contribution in [0.1, 0.15) is 31.8 Å². The van der Waals surface area contributed by atoms with Gasteiger partial charge in [-0.1, -0.05) is 12.1 Å². The highest BCUT2D eigenvalue weighted by molar-refractivity contribution is 5.99. The highest BCUT2D eigenvalue weighted by atomic mass is 16.6. The van der Waals surface area contributed by atoms with Crippen LogP contribution in [0.15, 0.2) is 72.8 Å². The first kappa shape index (κ1) is 22.0. The van der Waals surface area contributed by atoms with E-state index in [1.165, 1.54) is 29.8 Å². The van der Waals surface area contributed by atoms with E-state index in [0.717, 1.165) is 40.9 Å². The number of hydrogen-bond acceptors (Lipinski definition) is 6. The molecule has 2 N–H and O–H groups in total. The van der Waals surface area contributed by atoms with Crippen LogP contribution >= 0.6 is 0 Å². The van der Waals surface area contributed by atoms with Crippen LogP contribution in [0.4, 0.5) is 17.2 Å². The zero-order chi connectivity index (χ0) is 24.5. The Bertz CT molecular complexity index is 1470. The Labute approximate surface area is 200 Å². The molecule has 4 aromatic rings. The summed E-state index contributed by atoms with van der Waals surface area (Å²) in [5.74, 6) is -0.129. The maximum atomic E-state index is 12.5. The molecule has 174 valence electrons. The standard InChI is InChI=1S/C26H21N5O4/c1-16-2-3-19-15-20-12-13-30(24(20)27-23(19)14-16)21-8-4-17(5-9-21)25(32)28-29-26(33)18-6-10-22(11-7-18)31(34)35/h2-11,14-15H,12-13H2,1H3,(H,28,32)(H,29,33). The highest BCUT2D eigenvalue weighted by Crippen LogP contribution is 2.35. The molecule has 9 nitrogen and oxygen atoms in total. The number of amides is 2. The van der Waals surface area contributed by atoms with Gasteiger partial charge in [-0.05, 0) is 73.0 Å². The van der Waals surface area contributed by atoms with Gasteiger partial charge in [0.05, 0.1) is 10.4 Å². The number of benzene rings is 3. The number of aromatic nitrogens is 1. The maximum absolute atomic E-state index is 12.5. The van der Waals surface area contributed by atoms with Crippen LogP contribution in [0, 0.1) is 17.0 Å². The number of nitro groups is 1. The van der Waals surface area contributed by atoms with Crippen molar-refractivity contribution in [1.82, 2.24) is 15.8 Å². The van der Waals surface area contributed by atoms with Crippen molar-refractivity contribution < 1.29 is 14.5 Å². The van der Waals surface area contributed by atoms with Gasteiger partial charge in [0.15, 0.2) is 0 Å². The lowest BCUT2D eigenvalue weighted by molar-refractivity contribution is -0.384. The van der Waals surface area contributed by atoms with E-state index < -0.39 is 16.7 Å². The number of hydrogen-bond donors (Lipinski definition) is 2. The maximum Gasteiger partial charge on any atom is 0.269 e. The summed E-state index contributed by atoms with van der Waals surface area (Å²) in [6.07, 6.45) is 0.892. The number of fused-ring (bicyclic) bond motifs is 2. The molecule has 0 bridgehead atoms. The quantitative estimate of drug-likeness (QED) is 0.343. The minimum atomic E-state index is -0.577. The van der Waals surface area contributed by atoms with Gasteiger partial charge in [-0.2, -0.15) is 0 Å². The number of pyridine rings is 1. The Kier molecular flexibility index (Phi) is 5.58. The Morgan fingerprint density at radius 3 is 2.17 bits per heavy atom. The van der Waals surface area contributed by atoms with E-state index in [-0.39, 0.29) is 11.3 Å². The lowest BCUT2D eigenvalue weighted by atomic mass is 10.1. The summed E-state index contributed by atoms with van der Waals surface area (Å²) in [6, 6.07) is 20.6. The van der Waals surface area contributed by atoms with E-state index in [1.807, 2.05) is 19.1 Å². The third kappa shape index (κ3) is 4.39. The third-order valence-corrected chi connectivity index (χ3v) is 5.96. The molecule has 1 aliphatic rings. The second-order valence-corrected chi connectivity index (χ2v) is 8.33. The van der Waals surface area contributed by atoms with Gasteiger partial charge >= 0.3 is 0 Å². The first-order chi connectivity index (χ1) is 16.9. The predicted molar refractivity (Wildman–Crippen MR) is 132 cm³/mol. The van der Waals surface area contributed by atoms with E-state index in [4.69, 9.17) is 4.98 Å². The fourth-order valence-electron chi connectivity index (χ4n) is 4.10. The van der Waals surface area contributed by atoms with Crippen LogP contribution in [0.5, 0.6) is 0 Å². The van der Waals surface area contributed by atoms with Crippen LogP contribution in [0.2, 0.25) is 0 Å². The summed E-state index contributed by atoms with van der Waals surface area (Å²) >= 11 is 0. The van der Waals surface area contributed by atoms with E-state index in [0.29, 0.717) is 5.56 Å². The Morgan fingerprint density at radius 2 is 1.54 bits per heavy atom. The van der Waals surface area contributed by atoms with Crippen molar-refractivity contribution in [3.63, 3.8) is 0 Å². The lowest BCUT2D eigenvalue weighted by Gasteiger charge is -2.19. The molecule has 0 aliphatic carbocycles. The van der Waals surface area contributed by atoms with Crippen LogP contribution in [-0.2, 0) is 6.42 Å². The number of nitrogens with zero attached hydrogens (tertiary/aromatic N) is 3. The number of nitro benzene ring substituents is 1. The summed E-state index contributed by atoms with van der Waals surface area (Å²) < 4.78 is 0. The molecule has 3 aromatic carbocycles. The third-order valence-electron chi connectivity index (χ3n) is 5.96. The number of nitrogens with one attached hydrogen (secondary N) is 2. The van der Waals surface area contributed by atoms with Gasteiger partial charge in [0.25, 0.3) is 17.5 Å². The highest BCUT2D eigenvalue weighted by Gasteiger charge is 2.23. The minimum absolute atomic E-state index is 0.121. The molecular weight excluding hydrogens is 446 g/mol. The molecule has 0 saturated carbocycles. The van der Waals surface area contributed by atoms with Gasteiger partial charge in [-0.3, -0.25) is 30.6 Å². The van der Waals surface area contributed by atoms with Gasteiger partial charge in [-0.15, -0.1) is 0 Å². The zero-order valence-corrected chi connectivity index (χ0v) is 18.8. The number of non-ortho nitro benzene ring substituents is 1. The number of hydrazine groups is 1. The Hall–Kier alpha value is -4.79. The normalized spacial score (nSPS) is 12.3. The number of carbonyl (C=O) groups is 2. The zero-order valence-electron chi connectivity index (χ0n) is 18.8. The Morgan fingerprint density at radius 1 is 0.914 bits per heavy atom. The van der Waals surface area contributed by atoms with Crippen molar-refractivity contribution in [2.75, 3.05) is 11.4 Å². The first-order valence-electron chi connectivity index (χ1n) is 11.0. The number of anilines is 2. The SMILES string of the molecule is Cc1ccc2cc3c(nc2c1)N(c1ccc(C(=O)NNC(=O)c2ccc([N+](=O)[O-])cc2)cc1)CC3. The van der Waals surface area contributed by atoms with Crippen molar-refractivity contribution in [2.45, 2.75) is 13.3 Å². The van der Waals surface area contributed by atoms with E-state index >= 15 is 0 Å². The number of rotatable bonds is 4. The largest absolute Gasteiger partial charge is 0.326 e. The van der Waals surface area contributed by atoms with E-state index in [2.05, 4.69) is 40.0 Å². The molecule has 0 unspecified atom stereocenters. The fourth-order valence-corrected chi connectivity index (χ4v) is 4.10. The smallest absolute Gasteiger partial charge is 0.269 e. The fraction of sp³-hybridized carbons (Fsp3) is 0.115. The first-order valence-corrected chi connectivity index (χ1v) is 11.0. The van der Waals surface area contributed by atoms with Crippen molar-refractivity contribution in [1.29, 1.82) is 0 Å². The van der Waals surface area contributed by atoms with Crippen LogP contribution in [0.25, 0.3) is 10.9 Å². The average Bonchev–Trinajstić information content (AvgIpc) is 3.28. The van der Waals surface area contributed by atoms with Gasteiger partial charge in [0, 0.05) is 40.9 Å². The van der Waals surface area contributed by atoms with Gasteiger partial charge in [-0.25, -0.2) is 4.98 Å². The molecule has 5 rings (SSSR count). The molecular formula is C26H21N5O4. The predicted octanol–water partition coefficient (Wildman–Crippen LogP) is 4.22. The van der Waals surface area contributed by atoms with Crippen molar-refractivity contribution in [3.05, 3.63) is 105 Å². The molecule has 1 aliphatic heterocycles. The van der Waals surface area contributed by atoms with E-state index in [1.54, 1.807) is 12.1 Å². The Balaban J connectivity index is 1.26. The number of carbonyl (C=O) groups excluding carboxylic acids is 2. The average molecular weight is 467 g/mol. The summed E-state index contributed by atoms with van der Waals surface area (Å²) in [7, 11) is 0. The molecule has 0 atom stereocenters. The molecule has 0 radical (unpaired) electrons. The summed E-state index contributed by atoms with van der Waals surface area (Å²) in [5, 5.41) is 11.9. The van der Waals surface area contributed by atoms with Crippen molar-refractivity contribution in [3.8, 4) is 0 Å². The lowest BCUT2D eigenvalue weighted by Crippen LogP contribution is -2.41. The van der Waals surface area contributed by atoms with Gasteiger partial charge in [0.1, 0.15) is 5.82 Å². The summed E-state index contributed by atoms with van der Waals surface area (Å²) in [4.78, 5) is 41.9. The van der Waals surface area contributed by atoms with Gasteiger partial charge in [0.2, 0.25) is 0 Å². The van der Waals surface area contributed by atoms with Crippen LogP contribution in [-0.4, -0.2) is 28.3 Å². The molecule has 0 fully saturated rings. The second-order valence-electron chi connectivity index (χ2n) is 8.33. The van der Waals surface area contributed by atoms with Crippen molar-refractivity contribution >= 4 is 39.9 Å². The molecule has 0 saturated heterocycles. The van der Waals surface area contributed by atoms with Gasteiger partial charge < -0.3 is 4.90 Å². The molecule has 2 amide bonds. The topological polar surface area (TPSA) is 117 Å². The molecule has 0 spiro atoms. The molecule has 1 aromatic heterocycles. The number of aryl methyl sites for hydroxylation is 1. The van der Waals surface area contributed by atoms with Crippen molar-refractivity contribution in [2.24, 2.45) is 0 Å². The van der Waals surface area contributed by atoms with E-state index in [9.17, 15) is 19.7 Å². The molecule has 2 heterocycles. The minimum Gasteiger partial charge on any atom is -0.326 e. The summed E-state index contributed by atoms with van der Waals surface area (Å²) in [6.45, 7) is 2.85. The molecule has 9 heteroatoms. The molecule has 35 heavy (non-hydrogen) atoms. The summed E-state index contributed by atoms with van der Waals surface area (Å²) in [5.41, 5.74) is 9.36. The van der Waals surface area contributed by atoms with Crippen LogP contribution < -0.4 is 15.8 Å².